The second kappa shape index (κ2) is 9.71. The van der Waals surface area contributed by atoms with Crippen LogP contribution in [-0.2, 0) is 16.1 Å². The topological polar surface area (TPSA) is 38.8 Å². The van der Waals surface area contributed by atoms with Crippen LogP contribution in [0.2, 0.25) is 10.0 Å². The van der Waals surface area contributed by atoms with E-state index in [9.17, 15) is 4.79 Å². The summed E-state index contributed by atoms with van der Waals surface area (Å²) in [7, 11) is 0. The van der Waals surface area contributed by atoms with Gasteiger partial charge in [-0.3, -0.25) is 9.69 Å². The summed E-state index contributed by atoms with van der Waals surface area (Å²) in [5.41, 5.74) is 1.77. The van der Waals surface area contributed by atoms with Crippen molar-refractivity contribution >= 4 is 63.5 Å². The van der Waals surface area contributed by atoms with Crippen molar-refractivity contribution < 1.29 is 14.3 Å². The smallest absolute Gasteiger partial charge is 0.266 e. The third-order valence-electron chi connectivity index (χ3n) is 4.87. The van der Waals surface area contributed by atoms with Crippen molar-refractivity contribution in [3.05, 3.63) is 68.5 Å². The molecule has 4 nitrogen and oxygen atoms in total. The highest BCUT2D eigenvalue weighted by Gasteiger charge is 2.34. The number of thioether (sulfide) groups is 1. The minimum Gasteiger partial charge on any atom is -0.489 e. The first kappa shape index (κ1) is 21.7. The van der Waals surface area contributed by atoms with E-state index in [0.717, 1.165) is 30.6 Å². The van der Waals surface area contributed by atoms with E-state index in [2.05, 4.69) is 0 Å². The van der Waals surface area contributed by atoms with Crippen LogP contribution in [0.5, 0.6) is 5.75 Å². The number of ether oxygens (including phenoxy) is 2. The number of carbonyl (C=O) groups excluding carboxylic acids is 1. The molecular weight excluding hydrogens is 461 g/mol. The first-order chi connectivity index (χ1) is 14.5. The molecule has 8 heteroatoms. The van der Waals surface area contributed by atoms with E-state index in [4.69, 9.17) is 44.9 Å². The van der Waals surface area contributed by atoms with E-state index in [1.54, 1.807) is 17.0 Å². The standard InChI is InChI=1S/C22H19Cl2NO3S2/c23-16-6-5-15(19(24)11-16)13-28-17-7-3-14(4-8-17)10-20-21(26)25(22(29)30-20)12-18-2-1-9-27-18/h3-8,10-11,18H,1-2,9,12-13H2/b20-10-/t18-/m0/s1. The lowest BCUT2D eigenvalue weighted by atomic mass is 10.2. The number of hydrogen-bond donors (Lipinski definition) is 0. The zero-order valence-electron chi connectivity index (χ0n) is 16.0. The highest BCUT2D eigenvalue weighted by atomic mass is 35.5. The zero-order valence-corrected chi connectivity index (χ0v) is 19.1. The van der Waals surface area contributed by atoms with Crippen molar-refractivity contribution in [3.63, 3.8) is 0 Å². The van der Waals surface area contributed by atoms with Gasteiger partial charge in [0.1, 0.15) is 16.7 Å². The molecule has 2 fully saturated rings. The molecule has 2 aromatic rings. The van der Waals surface area contributed by atoms with Gasteiger partial charge in [0.15, 0.2) is 0 Å². The van der Waals surface area contributed by atoms with Crippen molar-refractivity contribution in [1.82, 2.24) is 4.90 Å². The lowest BCUT2D eigenvalue weighted by Crippen LogP contribution is -2.35. The summed E-state index contributed by atoms with van der Waals surface area (Å²) >= 11 is 18.8. The Kier molecular flexibility index (Phi) is 7.01. The first-order valence-electron chi connectivity index (χ1n) is 9.53. The SMILES string of the molecule is O=C1/C(=C/c2ccc(OCc3ccc(Cl)cc3Cl)cc2)SC(=S)N1C[C@@H]1CCCO1. The summed E-state index contributed by atoms with van der Waals surface area (Å²) in [5.74, 6) is 0.655. The maximum Gasteiger partial charge on any atom is 0.266 e. The molecule has 30 heavy (non-hydrogen) atoms. The molecule has 0 spiro atoms. The largest absolute Gasteiger partial charge is 0.489 e. The number of hydrogen-bond acceptors (Lipinski definition) is 5. The lowest BCUT2D eigenvalue weighted by Gasteiger charge is -2.18. The molecule has 0 aromatic heterocycles. The number of rotatable bonds is 6. The van der Waals surface area contributed by atoms with Gasteiger partial charge >= 0.3 is 0 Å². The van der Waals surface area contributed by atoms with Crippen molar-refractivity contribution in [2.75, 3.05) is 13.2 Å². The van der Waals surface area contributed by atoms with Crippen LogP contribution in [0.15, 0.2) is 47.4 Å². The molecule has 2 saturated heterocycles. The van der Waals surface area contributed by atoms with Crippen LogP contribution in [0, 0.1) is 0 Å². The van der Waals surface area contributed by atoms with E-state index in [1.165, 1.54) is 11.8 Å². The summed E-state index contributed by atoms with van der Waals surface area (Å²) in [5, 5.41) is 1.17. The van der Waals surface area contributed by atoms with Crippen LogP contribution in [0.1, 0.15) is 24.0 Å². The summed E-state index contributed by atoms with van der Waals surface area (Å²) in [6.07, 6.45) is 3.94. The zero-order chi connectivity index (χ0) is 21.1. The Bertz CT molecular complexity index is 988. The van der Waals surface area contributed by atoms with Crippen LogP contribution < -0.4 is 4.74 Å². The Balaban J connectivity index is 1.38. The van der Waals surface area contributed by atoms with Crippen molar-refractivity contribution in [2.45, 2.75) is 25.6 Å². The molecule has 0 unspecified atom stereocenters. The third kappa shape index (κ3) is 5.18. The molecule has 1 atom stereocenters. The number of carbonyl (C=O) groups is 1. The Labute approximate surface area is 195 Å². The van der Waals surface area contributed by atoms with Gasteiger partial charge in [0.05, 0.1) is 17.6 Å². The van der Waals surface area contributed by atoms with Crippen LogP contribution in [0.4, 0.5) is 0 Å². The van der Waals surface area contributed by atoms with Crippen LogP contribution >= 0.6 is 47.2 Å². The average molecular weight is 480 g/mol. The molecule has 4 rings (SSSR count). The van der Waals surface area contributed by atoms with Crippen LogP contribution in [-0.4, -0.2) is 34.4 Å². The number of halogens is 2. The summed E-state index contributed by atoms with van der Waals surface area (Å²) in [4.78, 5) is 15.0. The minimum absolute atomic E-state index is 0.0572. The summed E-state index contributed by atoms with van der Waals surface area (Å²) in [6.45, 7) is 1.63. The molecule has 2 heterocycles. The van der Waals surface area contributed by atoms with Gasteiger partial charge in [-0.1, -0.05) is 65.4 Å². The molecule has 0 aliphatic carbocycles. The fraction of sp³-hybridized carbons (Fsp3) is 0.273. The predicted octanol–water partition coefficient (Wildman–Crippen LogP) is 5.95. The van der Waals surface area contributed by atoms with Crippen molar-refractivity contribution in [1.29, 1.82) is 0 Å². The van der Waals surface area contributed by atoms with Gasteiger partial charge in [-0.2, -0.15) is 0 Å². The normalized spacial score (nSPS) is 20.4. The molecule has 0 bridgehead atoms. The molecule has 0 radical (unpaired) electrons. The fourth-order valence-electron chi connectivity index (χ4n) is 3.26. The minimum atomic E-state index is -0.0572. The highest BCUT2D eigenvalue weighted by Crippen LogP contribution is 2.33. The highest BCUT2D eigenvalue weighted by molar-refractivity contribution is 8.26. The Morgan fingerprint density at radius 3 is 2.73 bits per heavy atom. The second-order valence-corrected chi connectivity index (χ2v) is 9.54. The fourth-order valence-corrected chi connectivity index (χ4v) is 5.00. The number of amides is 1. The third-order valence-corrected chi connectivity index (χ3v) is 6.84. The van der Waals surface area contributed by atoms with Gasteiger partial charge < -0.3 is 9.47 Å². The van der Waals surface area contributed by atoms with Crippen LogP contribution in [0.25, 0.3) is 6.08 Å². The average Bonchev–Trinajstić information content (AvgIpc) is 3.33. The van der Waals surface area contributed by atoms with Crippen molar-refractivity contribution in [3.8, 4) is 5.75 Å². The van der Waals surface area contributed by atoms with Gasteiger partial charge in [0, 0.05) is 22.2 Å². The van der Waals surface area contributed by atoms with E-state index in [-0.39, 0.29) is 12.0 Å². The Hall–Kier alpha value is -1.57. The van der Waals surface area contributed by atoms with Gasteiger partial charge in [-0.15, -0.1) is 0 Å². The Morgan fingerprint density at radius 1 is 1.23 bits per heavy atom. The quantitative estimate of drug-likeness (QED) is 0.377. The molecule has 0 N–H and O–H groups in total. The Morgan fingerprint density at radius 2 is 2.03 bits per heavy atom. The first-order valence-corrected chi connectivity index (χ1v) is 11.5. The molecular formula is C22H19Cl2NO3S2. The molecule has 156 valence electrons. The molecule has 0 saturated carbocycles. The van der Waals surface area contributed by atoms with Gasteiger partial charge in [0.2, 0.25) is 0 Å². The maximum absolute atomic E-state index is 12.7. The van der Waals surface area contributed by atoms with Gasteiger partial charge in [-0.25, -0.2) is 0 Å². The van der Waals surface area contributed by atoms with E-state index in [1.807, 2.05) is 36.4 Å². The predicted molar refractivity (Wildman–Crippen MR) is 126 cm³/mol. The number of nitrogens with zero attached hydrogens (tertiary/aromatic N) is 1. The number of thiocarbonyl (C=S) groups is 1. The maximum atomic E-state index is 12.7. The van der Waals surface area contributed by atoms with Gasteiger partial charge in [0.25, 0.3) is 5.91 Å². The molecule has 1 amide bonds. The molecule has 2 aliphatic heterocycles. The monoisotopic (exact) mass is 479 g/mol. The number of benzene rings is 2. The van der Waals surface area contributed by atoms with Gasteiger partial charge in [-0.05, 0) is 48.7 Å². The second-order valence-electron chi connectivity index (χ2n) is 7.02. The summed E-state index contributed by atoms with van der Waals surface area (Å²) < 4.78 is 12.0. The van der Waals surface area contributed by atoms with E-state index >= 15 is 0 Å². The molecule has 2 aromatic carbocycles. The van der Waals surface area contributed by atoms with Crippen LogP contribution in [0.3, 0.4) is 0 Å². The molecule has 2 aliphatic rings. The summed E-state index contributed by atoms with van der Waals surface area (Å²) in [6, 6.07) is 12.9. The van der Waals surface area contributed by atoms with E-state index in [0.29, 0.717) is 38.2 Å². The van der Waals surface area contributed by atoms with E-state index < -0.39 is 0 Å². The lowest BCUT2D eigenvalue weighted by molar-refractivity contribution is -0.123. The van der Waals surface area contributed by atoms with Crippen molar-refractivity contribution in [2.24, 2.45) is 0 Å².